The van der Waals surface area contributed by atoms with E-state index in [1.54, 1.807) is 17.0 Å². The Labute approximate surface area is 169 Å². The molecule has 0 aliphatic carbocycles. The normalized spacial score (nSPS) is 25.0. The summed E-state index contributed by atoms with van der Waals surface area (Å²) in [6.45, 7) is 2.00. The van der Waals surface area contributed by atoms with Gasteiger partial charge in [0.1, 0.15) is 0 Å². The zero-order valence-electron chi connectivity index (χ0n) is 15.3. The molecule has 0 radical (unpaired) electrons. The van der Waals surface area contributed by atoms with Crippen molar-refractivity contribution in [1.82, 2.24) is 4.90 Å². The number of amides is 1. The quantitative estimate of drug-likeness (QED) is 0.626. The Morgan fingerprint density at radius 1 is 1.07 bits per heavy atom. The van der Waals surface area contributed by atoms with Crippen LogP contribution in [0.25, 0.3) is 0 Å². The van der Waals surface area contributed by atoms with Gasteiger partial charge in [-0.3, -0.25) is 19.8 Å². The van der Waals surface area contributed by atoms with Gasteiger partial charge in [0.2, 0.25) is 5.91 Å². The minimum Gasteiger partial charge on any atom is -0.326 e. The molecule has 0 saturated carbocycles. The number of hydrogen-bond acceptors (Lipinski definition) is 5. The molecule has 7 nitrogen and oxygen atoms in total. The van der Waals surface area contributed by atoms with Crippen LogP contribution in [0.5, 0.6) is 0 Å². The number of rotatable bonds is 4. The number of non-ortho nitro benzene ring substituents is 1. The fourth-order valence-electron chi connectivity index (χ4n) is 4.20. The molecule has 2 heterocycles. The zero-order chi connectivity index (χ0) is 19.0. The highest BCUT2D eigenvalue weighted by Gasteiger charge is 2.42. The highest BCUT2D eigenvalue weighted by atomic mass is 35.5. The summed E-state index contributed by atoms with van der Waals surface area (Å²) >= 11 is 0. The lowest BCUT2D eigenvalue weighted by Crippen LogP contribution is -2.41. The van der Waals surface area contributed by atoms with Gasteiger partial charge < -0.3 is 10.6 Å². The third-order valence-corrected chi connectivity index (χ3v) is 5.59. The van der Waals surface area contributed by atoms with Crippen LogP contribution in [0.4, 0.5) is 11.4 Å². The van der Waals surface area contributed by atoms with Gasteiger partial charge in [0.25, 0.3) is 5.69 Å². The van der Waals surface area contributed by atoms with Gasteiger partial charge >= 0.3 is 0 Å². The molecule has 2 aliphatic heterocycles. The summed E-state index contributed by atoms with van der Waals surface area (Å²) in [5.74, 6) is 0.210. The molecule has 2 aliphatic rings. The molecule has 1 amide bonds. The molecular weight excluding hydrogens is 380 g/mol. The summed E-state index contributed by atoms with van der Waals surface area (Å²) in [6.07, 6.45) is 0.704. The fourth-order valence-corrected chi connectivity index (χ4v) is 4.20. The average Bonchev–Trinajstić information content (AvgIpc) is 3.25. The summed E-state index contributed by atoms with van der Waals surface area (Å²) in [5, 5.41) is 11.0. The maximum atomic E-state index is 13.0. The minimum atomic E-state index is -0.439. The molecule has 0 aromatic heterocycles. The van der Waals surface area contributed by atoms with Crippen molar-refractivity contribution in [3.63, 3.8) is 0 Å². The molecule has 4 rings (SSSR count). The Morgan fingerprint density at radius 3 is 2.54 bits per heavy atom. The van der Waals surface area contributed by atoms with E-state index >= 15 is 0 Å². The van der Waals surface area contributed by atoms with Crippen molar-refractivity contribution in [3.8, 4) is 0 Å². The number of nitrogens with two attached hydrogens (primary N) is 1. The van der Waals surface area contributed by atoms with Gasteiger partial charge in [-0.15, -0.1) is 12.4 Å². The van der Waals surface area contributed by atoms with Crippen LogP contribution < -0.4 is 10.6 Å². The molecule has 2 aromatic carbocycles. The summed E-state index contributed by atoms with van der Waals surface area (Å²) in [6, 6.07) is 16.2. The molecular formula is C20H23ClN4O3. The van der Waals surface area contributed by atoms with Crippen molar-refractivity contribution in [3.05, 3.63) is 70.3 Å². The summed E-state index contributed by atoms with van der Waals surface area (Å²) in [7, 11) is 0. The maximum Gasteiger partial charge on any atom is 0.271 e. The first-order chi connectivity index (χ1) is 13.0. The van der Waals surface area contributed by atoms with Gasteiger partial charge in [-0.05, 0) is 18.1 Å². The number of likely N-dealkylation sites (tertiary alicyclic amines) is 1. The number of halogens is 1. The van der Waals surface area contributed by atoms with E-state index in [1.807, 2.05) is 18.2 Å². The van der Waals surface area contributed by atoms with E-state index in [0.29, 0.717) is 25.2 Å². The second-order valence-corrected chi connectivity index (χ2v) is 7.21. The molecule has 1 unspecified atom stereocenters. The van der Waals surface area contributed by atoms with E-state index in [0.717, 1.165) is 6.54 Å². The first kappa shape index (κ1) is 20.3. The SMILES string of the molecule is Cl.N[C@@H]1CN(C2CCN(c3cccc([N+](=O)[O-])c3)C2=O)C[C@H]1c1ccccc1. The van der Waals surface area contributed by atoms with Crippen molar-refractivity contribution in [2.75, 3.05) is 24.5 Å². The van der Waals surface area contributed by atoms with E-state index in [9.17, 15) is 14.9 Å². The second kappa shape index (κ2) is 8.26. The Hall–Kier alpha value is -2.48. The van der Waals surface area contributed by atoms with Gasteiger partial charge in [-0.2, -0.15) is 0 Å². The maximum absolute atomic E-state index is 13.0. The van der Waals surface area contributed by atoms with E-state index in [2.05, 4.69) is 17.0 Å². The van der Waals surface area contributed by atoms with Crippen LogP contribution in [0, 0.1) is 10.1 Å². The highest BCUT2D eigenvalue weighted by Crippen LogP contribution is 2.32. The topological polar surface area (TPSA) is 92.7 Å². The van der Waals surface area contributed by atoms with Gasteiger partial charge in [0, 0.05) is 43.7 Å². The highest BCUT2D eigenvalue weighted by molar-refractivity contribution is 5.99. The Kier molecular flexibility index (Phi) is 5.98. The molecule has 2 aromatic rings. The minimum absolute atomic E-state index is 0. The van der Waals surface area contributed by atoms with Gasteiger partial charge in [-0.1, -0.05) is 36.4 Å². The predicted octanol–water partition coefficient (Wildman–Crippen LogP) is 2.55. The molecule has 3 atom stereocenters. The number of carbonyl (C=O) groups is 1. The van der Waals surface area contributed by atoms with Crippen LogP contribution in [-0.2, 0) is 4.79 Å². The van der Waals surface area contributed by atoms with Crippen LogP contribution in [0.3, 0.4) is 0 Å². The Bertz CT molecular complexity index is 864. The van der Waals surface area contributed by atoms with Crippen LogP contribution in [0.1, 0.15) is 17.9 Å². The molecule has 0 bridgehead atoms. The predicted molar refractivity (Wildman–Crippen MR) is 110 cm³/mol. The lowest BCUT2D eigenvalue weighted by molar-refractivity contribution is -0.384. The number of carbonyl (C=O) groups excluding carboxylic acids is 1. The van der Waals surface area contributed by atoms with Gasteiger partial charge in [0.15, 0.2) is 0 Å². The van der Waals surface area contributed by atoms with Crippen molar-refractivity contribution in [1.29, 1.82) is 0 Å². The molecule has 8 heteroatoms. The third kappa shape index (κ3) is 3.73. The number of nitro groups is 1. The molecule has 0 spiro atoms. The van der Waals surface area contributed by atoms with E-state index in [4.69, 9.17) is 5.73 Å². The van der Waals surface area contributed by atoms with Crippen LogP contribution in [0.15, 0.2) is 54.6 Å². The molecule has 28 heavy (non-hydrogen) atoms. The molecule has 2 N–H and O–H groups in total. The average molecular weight is 403 g/mol. The Morgan fingerprint density at radius 2 is 1.82 bits per heavy atom. The van der Waals surface area contributed by atoms with E-state index in [-0.39, 0.29) is 42.0 Å². The molecule has 148 valence electrons. The summed E-state index contributed by atoms with van der Waals surface area (Å²) in [5.41, 5.74) is 8.15. The summed E-state index contributed by atoms with van der Waals surface area (Å²) in [4.78, 5) is 27.4. The molecule has 2 saturated heterocycles. The number of benzene rings is 2. The van der Waals surface area contributed by atoms with E-state index < -0.39 is 4.92 Å². The lowest BCUT2D eigenvalue weighted by atomic mass is 9.95. The van der Waals surface area contributed by atoms with E-state index in [1.165, 1.54) is 17.7 Å². The third-order valence-electron chi connectivity index (χ3n) is 5.59. The largest absolute Gasteiger partial charge is 0.326 e. The first-order valence-electron chi connectivity index (χ1n) is 9.15. The fraction of sp³-hybridized carbons (Fsp3) is 0.350. The van der Waals surface area contributed by atoms with Crippen LogP contribution in [0.2, 0.25) is 0 Å². The number of nitro benzene ring substituents is 1. The van der Waals surface area contributed by atoms with Gasteiger partial charge in [0.05, 0.1) is 16.7 Å². The number of hydrogen-bond donors (Lipinski definition) is 1. The van der Waals surface area contributed by atoms with Crippen LogP contribution >= 0.6 is 12.4 Å². The Balaban J connectivity index is 0.00000225. The number of nitrogens with zero attached hydrogens (tertiary/aromatic N) is 3. The monoisotopic (exact) mass is 402 g/mol. The van der Waals surface area contributed by atoms with Crippen molar-refractivity contribution in [2.45, 2.75) is 24.4 Å². The standard InChI is InChI=1S/C20H22N4O3.ClH/c21-18-13-22(12-17(18)14-5-2-1-3-6-14)19-9-10-23(20(19)25)15-7-4-8-16(11-15)24(26)27;/h1-8,11,17-19H,9-10,12-13,21H2;1H/t17-,18+,19?;/m0./s1. The first-order valence-corrected chi connectivity index (χ1v) is 9.15. The number of anilines is 1. The summed E-state index contributed by atoms with van der Waals surface area (Å²) < 4.78 is 0. The molecule has 2 fully saturated rings. The smallest absolute Gasteiger partial charge is 0.271 e. The van der Waals surface area contributed by atoms with Crippen molar-refractivity contribution in [2.24, 2.45) is 5.73 Å². The van der Waals surface area contributed by atoms with Gasteiger partial charge in [-0.25, -0.2) is 0 Å². The van der Waals surface area contributed by atoms with Crippen molar-refractivity contribution < 1.29 is 9.72 Å². The second-order valence-electron chi connectivity index (χ2n) is 7.21. The zero-order valence-corrected chi connectivity index (χ0v) is 16.1. The van der Waals surface area contributed by atoms with Crippen molar-refractivity contribution >= 4 is 29.7 Å². The lowest BCUT2D eigenvalue weighted by Gasteiger charge is -2.23. The van der Waals surface area contributed by atoms with Crippen LogP contribution in [-0.4, -0.2) is 47.4 Å².